The van der Waals surface area contributed by atoms with Crippen LogP contribution in [0.4, 0.5) is 0 Å². The van der Waals surface area contributed by atoms with Crippen LogP contribution >= 0.6 is 24.0 Å². The second-order valence-electron chi connectivity index (χ2n) is 6.05. The van der Waals surface area contributed by atoms with E-state index in [2.05, 4.69) is 5.32 Å². The van der Waals surface area contributed by atoms with Crippen LogP contribution in [-0.4, -0.2) is 18.0 Å². The van der Waals surface area contributed by atoms with Gasteiger partial charge in [0.2, 0.25) is 0 Å². The van der Waals surface area contributed by atoms with Gasteiger partial charge in [0, 0.05) is 22.5 Å². The van der Waals surface area contributed by atoms with Gasteiger partial charge in [-0.05, 0) is 50.8 Å². The highest BCUT2D eigenvalue weighted by Crippen LogP contribution is 2.39. The summed E-state index contributed by atoms with van der Waals surface area (Å²) in [6, 6.07) is 5.35. The lowest BCUT2D eigenvalue weighted by Crippen LogP contribution is -2.53. The first kappa shape index (κ1) is 17.1. The first-order valence-electron chi connectivity index (χ1n) is 7.16. The molecule has 22 heavy (non-hydrogen) atoms. The van der Waals surface area contributed by atoms with Crippen LogP contribution in [0.1, 0.15) is 35.9 Å². The Kier molecular flexibility index (Phi) is 4.76. The van der Waals surface area contributed by atoms with E-state index in [9.17, 15) is 4.79 Å². The number of nitrogens with two attached hydrogens (primary N) is 1. The summed E-state index contributed by atoms with van der Waals surface area (Å²) in [5, 5.41) is 4.54. The summed E-state index contributed by atoms with van der Waals surface area (Å²) in [7, 11) is 0. The fourth-order valence-electron chi connectivity index (χ4n) is 2.77. The zero-order valence-corrected chi connectivity index (χ0v) is 14.2. The second-order valence-corrected chi connectivity index (χ2v) is 6.48. The van der Waals surface area contributed by atoms with Crippen molar-refractivity contribution in [1.29, 1.82) is 0 Å². The van der Waals surface area contributed by atoms with E-state index >= 15 is 0 Å². The van der Waals surface area contributed by atoms with Crippen molar-refractivity contribution >= 4 is 40.9 Å². The maximum atomic E-state index is 12.5. The van der Waals surface area contributed by atoms with Crippen LogP contribution in [-0.2, 0) is 0 Å². The van der Waals surface area contributed by atoms with Gasteiger partial charge >= 0.3 is 0 Å². The molecule has 0 saturated heterocycles. The number of carbonyl (C=O) groups excluding carboxylic acids is 1. The number of nitrogens with one attached hydrogen (secondary N) is 1. The summed E-state index contributed by atoms with van der Waals surface area (Å²) in [6.45, 7) is 4.29. The first-order chi connectivity index (χ1) is 9.94. The molecule has 1 aliphatic carbocycles. The third-order valence-electron chi connectivity index (χ3n) is 4.41. The molecule has 3 N–H and O–H groups in total. The van der Waals surface area contributed by atoms with Gasteiger partial charge in [-0.2, -0.15) is 0 Å². The van der Waals surface area contributed by atoms with E-state index in [-0.39, 0.29) is 23.9 Å². The Bertz CT molecular complexity index is 709. The van der Waals surface area contributed by atoms with Gasteiger partial charge in [-0.25, -0.2) is 0 Å². The van der Waals surface area contributed by atoms with E-state index in [1.165, 1.54) is 0 Å². The van der Waals surface area contributed by atoms with E-state index in [1.807, 2.05) is 19.9 Å². The molecule has 0 radical (unpaired) electrons. The van der Waals surface area contributed by atoms with Crippen molar-refractivity contribution in [2.75, 3.05) is 6.54 Å². The fourth-order valence-corrected chi connectivity index (χ4v) is 2.94. The molecule has 1 amide bonds. The van der Waals surface area contributed by atoms with E-state index in [0.717, 1.165) is 23.8 Å². The molecule has 0 spiro atoms. The summed E-state index contributed by atoms with van der Waals surface area (Å²) >= 11 is 6.00. The third-order valence-corrected chi connectivity index (χ3v) is 4.64. The van der Waals surface area contributed by atoms with Crippen molar-refractivity contribution in [3.8, 4) is 0 Å². The average Bonchev–Trinajstić information content (AvgIpc) is 3.26. The smallest absolute Gasteiger partial charge is 0.287 e. The highest BCUT2D eigenvalue weighted by molar-refractivity contribution is 6.31. The van der Waals surface area contributed by atoms with Crippen molar-refractivity contribution in [2.45, 2.75) is 32.2 Å². The maximum absolute atomic E-state index is 12.5. The van der Waals surface area contributed by atoms with Crippen LogP contribution < -0.4 is 11.1 Å². The number of hydrogen-bond acceptors (Lipinski definition) is 3. The zero-order valence-electron chi connectivity index (χ0n) is 12.6. The fraction of sp³-hybridized carbons (Fsp3) is 0.438. The lowest BCUT2D eigenvalue weighted by atomic mass is 9.95. The molecule has 1 aromatic carbocycles. The lowest BCUT2D eigenvalue weighted by molar-refractivity contribution is 0.0870. The molecule has 1 aliphatic rings. The van der Waals surface area contributed by atoms with Crippen molar-refractivity contribution in [2.24, 2.45) is 11.7 Å². The van der Waals surface area contributed by atoms with Crippen LogP contribution in [0.15, 0.2) is 22.6 Å². The maximum Gasteiger partial charge on any atom is 0.287 e. The Morgan fingerprint density at radius 2 is 2.18 bits per heavy atom. The van der Waals surface area contributed by atoms with Crippen molar-refractivity contribution in [1.82, 2.24) is 5.32 Å². The summed E-state index contributed by atoms with van der Waals surface area (Å²) in [6.07, 6.45) is 2.23. The number of benzene rings is 1. The van der Waals surface area contributed by atoms with Crippen molar-refractivity contribution < 1.29 is 9.21 Å². The van der Waals surface area contributed by atoms with E-state index in [0.29, 0.717) is 28.8 Å². The Morgan fingerprint density at radius 1 is 1.50 bits per heavy atom. The molecule has 1 aromatic heterocycles. The molecule has 3 rings (SSSR count). The zero-order chi connectivity index (χ0) is 15.2. The highest BCUT2D eigenvalue weighted by atomic mass is 35.5. The molecule has 1 heterocycles. The number of fused-ring (bicyclic) bond motifs is 1. The summed E-state index contributed by atoms with van der Waals surface area (Å²) in [5.74, 6) is 0.595. The molecule has 2 aromatic rings. The highest BCUT2D eigenvalue weighted by Gasteiger charge is 2.42. The summed E-state index contributed by atoms with van der Waals surface area (Å²) in [4.78, 5) is 12.5. The van der Waals surface area contributed by atoms with Crippen molar-refractivity contribution in [3.63, 3.8) is 0 Å². The molecular weight excluding hydrogens is 323 g/mol. The predicted molar refractivity (Wildman–Crippen MR) is 90.9 cm³/mol. The van der Waals surface area contributed by atoms with Gasteiger partial charge in [0.15, 0.2) is 5.76 Å². The number of furan rings is 1. The number of carbonyl (C=O) groups is 1. The molecule has 6 heteroatoms. The quantitative estimate of drug-likeness (QED) is 0.890. The van der Waals surface area contributed by atoms with E-state index in [1.54, 1.807) is 12.1 Å². The van der Waals surface area contributed by atoms with E-state index in [4.69, 9.17) is 21.8 Å². The van der Waals surface area contributed by atoms with Crippen LogP contribution in [0.2, 0.25) is 5.02 Å². The average molecular weight is 343 g/mol. The topological polar surface area (TPSA) is 68.3 Å². The molecular formula is C16H20Cl2N2O2. The number of amides is 1. The number of halogens is 2. The molecule has 1 saturated carbocycles. The molecule has 120 valence electrons. The molecule has 1 unspecified atom stereocenters. The SMILES string of the molecule is Cc1c(C(=O)NC(C)(CN)C2CC2)oc2ccc(Cl)cc12.Cl. The van der Waals surface area contributed by atoms with Gasteiger partial charge in [-0.15, -0.1) is 12.4 Å². The molecule has 4 nitrogen and oxygen atoms in total. The molecule has 1 atom stereocenters. The Labute approximate surface area is 140 Å². The van der Waals surface area contributed by atoms with Gasteiger partial charge in [0.05, 0.1) is 5.54 Å². The Morgan fingerprint density at radius 3 is 2.77 bits per heavy atom. The normalized spacial score (nSPS) is 16.9. The molecule has 0 aliphatic heterocycles. The van der Waals surface area contributed by atoms with Crippen LogP contribution in [0.3, 0.4) is 0 Å². The minimum absolute atomic E-state index is 0. The van der Waals surface area contributed by atoms with Gasteiger partial charge in [-0.1, -0.05) is 11.6 Å². The minimum atomic E-state index is -0.361. The van der Waals surface area contributed by atoms with Crippen LogP contribution in [0.25, 0.3) is 11.0 Å². The second kappa shape index (κ2) is 6.11. The minimum Gasteiger partial charge on any atom is -0.451 e. The van der Waals surface area contributed by atoms with Crippen LogP contribution in [0.5, 0.6) is 0 Å². The van der Waals surface area contributed by atoms with Crippen LogP contribution in [0, 0.1) is 12.8 Å². The lowest BCUT2D eigenvalue weighted by Gasteiger charge is -2.29. The van der Waals surface area contributed by atoms with Gasteiger partial charge in [0.1, 0.15) is 5.58 Å². The van der Waals surface area contributed by atoms with Crippen molar-refractivity contribution in [3.05, 3.63) is 34.5 Å². The van der Waals surface area contributed by atoms with E-state index < -0.39 is 0 Å². The largest absolute Gasteiger partial charge is 0.451 e. The monoisotopic (exact) mass is 342 g/mol. The van der Waals surface area contributed by atoms with Gasteiger partial charge < -0.3 is 15.5 Å². The number of rotatable bonds is 4. The summed E-state index contributed by atoms with van der Waals surface area (Å²) in [5.41, 5.74) is 6.96. The standard InChI is InChI=1S/C16H19ClN2O2.ClH/c1-9-12-7-11(17)5-6-13(12)21-14(9)15(20)19-16(2,8-18)10-3-4-10;/h5-7,10H,3-4,8,18H2,1-2H3,(H,19,20);1H. The molecule has 0 bridgehead atoms. The summed E-state index contributed by atoms with van der Waals surface area (Å²) < 4.78 is 5.69. The Hall–Kier alpha value is -1.23. The number of hydrogen-bond donors (Lipinski definition) is 2. The third kappa shape index (κ3) is 2.96. The predicted octanol–water partition coefficient (Wildman–Crippen LogP) is 3.67. The number of aryl methyl sites for hydroxylation is 1. The first-order valence-corrected chi connectivity index (χ1v) is 7.53. The molecule has 1 fully saturated rings. The van der Waals surface area contributed by atoms with Gasteiger partial charge in [0.25, 0.3) is 5.91 Å². The Balaban J connectivity index is 0.00000176. The van der Waals surface area contributed by atoms with Gasteiger partial charge in [-0.3, -0.25) is 4.79 Å².